The van der Waals surface area contributed by atoms with E-state index in [0.29, 0.717) is 26.2 Å². The van der Waals surface area contributed by atoms with Crippen LogP contribution in [0.25, 0.3) is 0 Å². The fourth-order valence-electron chi connectivity index (χ4n) is 3.59. The predicted molar refractivity (Wildman–Crippen MR) is 109 cm³/mol. The number of imidazole rings is 1. The molecule has 164 valence electrons. The number of hydrogen-bond donors (Lipinski definition) is 1. The van der Waals surface area contributed by atoms with E-state index in [-0.39, 0.29) is 35.8 Å². The van der Waals surface area contributed by atoms with Gasteiger partial charge in [0.2, 0.25) is 5.91 Å². The molecular formula is C20H27FN4O4S. The SMILES string of the molecule is CCOCCCNC(=O)[C@@H]1CN(S(=O)(=O)c2cn(C)cn2)C[C@H]1c1ccc(F)cc1. The number of ether oxygens (including phenoxy) is 1. The summed E-state index contributed by atoms with van der Waals surface area (Å²) in [5, 5.41) is 2.82. The molecule has 1 aromatic carbocycles. The maximum absolute atomic E-state index is 13.4. The zero-order valence-corrected chi connectivity index (χ0v) is 17.9. The summed E-state index contributed by atoms with van der Waals surface area (Å²) >= 11 is 0. The standard InChI is InChI=1S/C20H27FN4O4S/c1-3-29-10-4-9-22-20(26)18-12-25(30(27,28)19-13-24(2)14-23-19)11-17(18)15-5-7-16(21)8-6-15/h5-8,13-14,17-18H,3-4,9-12H2,1-2H3,(H,22,26)/t17-,18+/m0/s1. The third kappa shape index (κ3) is 5.05. The van der Waals surface area contributed by atoms with E-state index in [2.05, 4.69) is 10.3 Å². The maximum Gasteiger partial charge on any atom is 0.262 e. The first-order chi connectivity index (χ1) is 14.3. The number of carbonyl (C=O) groups excluding carboxylic acids is 1. The molecule has 1 saturated heterocycles. The third-order valence-corrected chi connectivity index (χ3v) is 6.89. The molecule has 2 atom stereocenters. The molecule has 0 aliphatic carbocycles. The number of nitrogens with zero attached hydrogens (tertiary/aromatic N) is 3. The Morgan fingerprint density at radius 2 is 2.03 bits per heavy atom. The Balaban J connectivity index is 1.79. The number of nitrogens with one attached hydrogen (secondary N) is 1. The maximum atomic E-state index is 13.4. The summed E-state index contributed by atoms with van der Waals surface area (Å²) < 4.78 is 47.5. The summed E-state index contributed by atoms with van der Waals surface area (Å²) in [6.45, 7) is 3.67. The van der Waals surface area contributed by atoms with Crippen LogP contribution >= 0.6 is 0 Å². The van der Waals surface area contributed by atoms with Gasteiger partial charge in [-0.1, -0.05) is 12.1 Å². The van der Waals surface area contributed by atoms with Crippen LogP contribution in [-0.2, 0) is 26.6 Å². The van der Waals surface area contributed by atoms with E-state index < -0.39 is 15.9 Å². The van der Waals surface area contributed by atoms with Gasteiger partial charge in [0.15, 0.2) is 5.03 Å². The second-order valence-electron chi connectivity index (χ2n) is 7.31. The van der Waals surface area contributed by atoms with Crippen LogP contribution in [0.3, 0.4) is 0 Å². The van der Waals surface area contributed by atoms with Crippen molar-refractivity contribution in [2.75, 3.05) is 32.8 Å². The van der Waals surface area contributed by atoms with Crippen LogP contribution < -0.4 is 5.32 Å². The lowest BCUT2D eigenvalue weighted by Gasteiger charge is -2.18. The van der Waals surface area contributed by atoms with E-state index in [4.69, 9.17) is 4.74 Å². The van der Waals surface area contributed by atoms with Gasteiger partial charge in [0.1, 0.15) is 5.82 Å². The number of aryl methyl sites for hydroxylation is 1. The summed E-state index contributed by atoms with van der Waals surface area (Å²) in [5.74, 6) is -1.57. The number of rotatable bonds is 9. The molecule has 1 fully saturated rings. The average molecular weight is 439 g/mol. The van der Waals surface area contributed by atoms with Crippen molar-refractivity contribution in [3.8, 4) is 0 Å². The molecule has 1 aliphatic heterocycles. The van der Waals surface area contributed by atoms with E-state index in [9.17, 15) is 17.6 Å². The zero-order chi connectivity index (χ0) is 21.7. The zero-order valence-electron chi connectivity index (χ0n) is 17.1. The Kier molecular flexibility index (Phi) is 7.22. The Labute approximate surface area is 176 Å². The molecule has 3 rings (SSSR count). The van der Waals surface area contributed by atoms with Crippen LogP contribution in [0.2, 0.25) is 0 Å². The fourth-order valence-corrected chi connectivity index (χ4v) is 5.05. The monoisotopic (exact) mass is 438 g/mol. The van der Waals surface area contributed by atoms with Crippen LogP contribution in [0.5, 0.6) is 0 Å². The molecule has 2 aromatic rings. The molecule has 1 amide bonds. The Morgan fingerprint density at radius 3 is 2.67 bits per heavy atom. The second kappa shape index (κ2) is 9.67. The van der Waals surface area contributed by atoms with E-state index in [1.807, 2.05) is 6.92 Å². The molecular weight excluding hydrogens is 411 g/mol. The molecule has 1 N–H and O–H groups in total. The minimum absolute atomic E-state index is 0.0399. The lowest BCUT2D eigenvalue weighted by atomic mass is 9.88. The second-order valence-corrected chi connectivity index (χ2v) is 9.19. The number of halogens is 1. The van der Waals surface area contributed by atoms with E-state index in [0.717, 1.165) is 5.56 Å². The van der Waals surface area contributed by atoms with E-state index in [1.54, 1.807) is 23.7 Å². The summed E-state index contributed by atoms with van der Waals surface area (Å²) in [6, 6.07) is 5.85. The molecule has 10 heteroatoms. The van der Waals surface area contributed by atoms with Gasteiger partial charge in [-0.25, -0.2) is 17.8 Å². The summed E-state index contributed by atoms with van der Waals surface area (Å²) in [5.41, 5.74) is 0.726. The van der Waals surface area contributed by atoms with Crippen molar-refractivity contribution in [2.45, 2.75) is 24.3 Å². The summed E-state index contributed by atoms with van der Waals surface area (Å²) in [4.78, 5) is 16.8. The fraction of sp³-hybridized carbons (Fsp3) is 0.500. The first-order valence-corrected chi connectivity index (χ1v) is 11.4. The molecule has 0 unspecified atom stereocenters. The van der Waals surface area contributed by atoms with Gasteiger partial charge in [0.05, 0.1) is 12.2 Å². The molecule has 0 bridgehead atoms. The van der Waals surface area contributed by atoms with E-state index >= 15 is 0 Å². The largest absolute Gasteiger partial charge is 0.382 e. The van der Waals surface area contributed by atoms with Gasteiger partial charge in [-0.15, -0.1) is 0 Å². The lowest BCUT2D eigenvalue weighted by Crippen LogP contribution is -2.36. The normalized spacial score (nSPS) is 19.8. The molecule has 1 aliphatic rings. The highest BCUT2D eigenvalue weighted by molar-refractivity contribution is 7.89. The smallest absolute Gasteiger partial charge is 0.262 e. The van der Waals surface area contributed by atoms with Gasteiger partial charge in [-0.2, -0.15) is 4.31 Å². The van der Waals surface area contributed by atoms with Gasteiger partial charge in [0.25, 0.3) is 10.0 Å². The first kappa shape index (κ1) is 22.4. The van der Waals surface area contributed by atoms with Gasteiger partial charge < -0.3 is 14.6 Å². The minimum atomic E-state index is -3.84. The Bertz CT molecular complexity index is 961. The Morgan fingerprint density at radius 1 is 1.30 bits per heavy atom. The van der Waals surface area contributed by atoms with Crippen LogP contribution in [0.15, 0.2) is 41.8 Å². The number of aromatic nitrogens is 2. The molecule has 0 radical (unpaired) electrons. The molecule has 30 heavy (non-hydrogen) atoms. The van der Waals surface area contributed by atoms with Crippen LogP contribution in [0.1, 0.15) is 24.8 Å². The number of benzene rings is 1. The topological polar surface area (TPSA) is 93.5 Å². The van der Waals surface area contributed by atoms with Gasteiger partial charge >= 0.3 is 0 Å². The van der Waals surface area contributed by atoms with Crippen molar-refractivity contribution < 1.29 is 22.3 Å². The average Bonchev–Trinajstić information content (AvgIpc) is 3.36. The third-order valence-electron chi connectivity index (χ3n) is 5.18. The van der Waals surface area contributed by atoms with E-state index in [1.165, 1.54) is 29.0 Å². The highest BCUT2D eigenvalue weighted by atomic mass is 32.2. The molecule has 0 saturated carbocycles. The van der Waals surface area contributed by atoms with Crippen molar-refractivity contribution in [1.29, 1.82) is 0 Å². The predicted octanol–water partition coefficient (Wildman–Crippen LogP) is 1.51. The van der Waals surface area contributed by atoms with Crippen LogP contribution in [0.4, 0.5) is 4.39 Å². The van der Waals surface area contributed by atoms with Crippen LogP contribution in [0, 0.1) is 11.7 Å². The van der Waals surface area contributed by atoms with Crippen molar-refractivity contribution in [1.82, 2.24) is 19.2 Å². The Hall–Kier alpha value is -2.30. The number of carbonyl (C=O) groups is 1. The van der Waals surface area contributed by atoms with Crippen molar-refractivity contribution in [3.63, 3.8) is 0 Å². The first-order valence-electron chi connectivity index (χ1n) is 9.92. The number of amides is 1. The lowest BCUT2D eigenvalue weighted by molar-refractivity contribution is -0.124. The highest BCUT2D eigenvalue weighted by Gasteiger charge is 2.44. The molecule has 1 aromatic heterocycles. The molecule has 8 nitrogen and oxygen atoms in total. The summed E-state index contributed by atoms with van der Waals surface area (Å²) in [6.07, 6.45) is 3.52. The minimum Gasteiger partial charge on any atom is -0.382 e. The molecule has 0 spiro atoms. The molecule has 2 heterocycles. The van der Waals surface area contributed by atoms with Crippen molar-refractivity contribution in [3.05, 3.63) is 48.2 Å². The van der Waals surface area contributed by atoms with Crippen molar-refractivity contribution in [2.24, 2.45) is 13.0 Å². The van der Waals surface area contributed by atoms with Crippen molar-refractivity contribution >= 4 is 15.9 Å². The number of hydrogen-bond acceptors (Lipinski definition) is 5. The summed E-state index contributed by atoms with van der Waals surface area (Å²) in [7, 11) is -2.15. The number of sulfonamides is 1. The van der Waals surface area contributed by atoms with Crippen LogP contribution in [-0.4, -0.2) is 61.0 Å². The van der Waals surface area contributed by atoms with Gasteiger partial charge in [-0.3, -0.25) is 4.79 Å². The highest BCUT2D eigenvalue weighted by Crippen LogP contribution is 2.35. The quantitative estimate of drug-likeness (QED) is 0.599. The van der Waals surface area contributed by atoms with Gasteiger partial charge in [-0.05, 0) is 31.0 Å². The van der Waals surface area contributed by atoms with Gasteiger partial charge in [0, 0.05) is 52.0 Å².